The quantitative estimate of drug-likeness (QED) is 0.501. The third-order valence-electron chi connectivity index (χ3n) is 4.18. The molecule has 0 bridgehead atoms. The fourth-order valence-electron chi connectivity index (χ4n) is 2.81. The number of rotatable bonds is 9. The second-order valence-electron chi connectivity index (χ2n) is 6.16. The Morgan fingerprint density at radius 2 is 1.41 bits per heavy atom. The Morgan fingerprint density at radius 3 is 2.05 bits per heavy atom. The average Bonchev–Trinajstić information content (AvgIpc) is 2.56. The van der Waals surface area contributed by atoms with Gasteiger partial charge in [-0.05, 0) is 36.5 Å². The van der Waals surface area contributed by atoms with Crippen molar-refractivity contribution in [1.29, 1.82) is 0 Å². The molecule has 1 heteroatoms. The van der Waals surface area contributed by atoms with Crippen LogP contribution in [0.2, 0.25) is 0 Å². The molecule has 118 valence electrons. The highest BCUT2D eigenvalue weighted by molar-refractivity contribution is 5.59. The molecular formula is C21H29N. The van der Waals surface area contributed by atoms with Crippen LogP contribution in [0.5, 0.6) is 0 Å². The van der Waals surface area contributed by atoms with Crippen LogP contribution in [0.15, 0.2) is 42.6 Å². The lowest BCUT2D eigenvalue weighted by Crippen LogP contribution is -1.90. The van der Waals surface area contributed by atoms with Gasteiger partial charge in [0.25, 0.3) is 0 Å². The van der Waals surface area contributed by atoms with Crippen molar-refractivity contribution in [3.05, 3.63) is 53.7 Å². The zero-order valence-corrected chi connectivity index (χ0v) is 14.1. The summed E-state index contributed by atoms with van der Waals surface area (Å²) in [5.74, 6) is 0. The van der Waals surface area contributed by atoms with Gasteiger partial charge in [0.2, 0.25) is 0 Å². The van der Waals surface area contributed by atoms with Gasteiger partial charge in [-0.2, -0.15) is 0 Å². The lowest BCUT2D eigenvalue weighted by molar-refractivity contribution is 0.632. The van der Waals surface area contributed by atoms with E-state index in [0.29, 0.717) is 0 Å². The number of pyridine rings is 1. The molecule has 1 aromatic heterocycles. The first-order valence-corrected chi connectivity index (χ1v) is 8.87. The van der Waals surface area contributed by atoms with Crippen LogP contribution >= 0.6 is 0 Å². The van der Waals surface area contributed by atoms with Crippen LogP contribution < -0.4 is 0 Å². The van der Waals surface area contributed by atoms with E-state index in [4.69, 9.17) is 0 Å². The van der Waals surface area contributed by atoms with Gasteiger partial charge in [0, 0.05) is 11.8 Å². The maximum atomic E-state index is 4.64. The number of hydrogen-bond acceptors (Lipinski definition) is 1. The minimum absolute atomic E-state index is 1.08. The molecule has 2 aromatic rings. The van der Waals surface area contributed by atoms with E-state index in [2.05, 4.69) is 61.4 Å². The van der Waals surface area contributed by atoms with Gasteiger partial charge in [-0.25, -0.2) is 0 Å². The number of benzene rings is 1. The van der Waals surface area contributed by atoms with Crippen LogP contribution in [0.3, 0.4) is 0 Å². The Kier molecular flexibility index (Phi) is 7.15. The fraction of sp³-hybridized carbons (Fsp3) is 0.476. The van der Waals surface area contributed by atoms with Crippen LogP contribution in [0, 0.1) is 0 Å². The van der Waals surface area contributed by atoms with Crippen molar-refractivity contribution < 1.29 is 0 Å². The van der Waals surface area contributed by atoms with E-state index in [-0.39, 0.29) is 0 Å². The monoisotopic (exact) mass is 295 g/mol. The summed E-state index contributed by atoms with van der Waals surface area (Å²) in [5, 5.41) is 0. The van der Waals surface area contributed by atoms with Crippen LogP contribution in [-0.4, -0.2) is 4.98 Å². The minimum atomic E-state index is 1.08. The average molecular weight is 295 g/mol. The summed E-state index contributed by atoms with van der Waals surface area (Å²) in [6.07, 6.45) is 12.2. The highest BCUT2D eigenvalue weighted by Crippen LogP contribution is 2.19. The van der Waals surface area contributed by atoms with E-state index in [1.807, 2.05) is 0 Å². The molecule has 0 fully saturated rings. The van der Waals surface area contributed by atoms with Crippen molar-refractivity contribution in [2.24, 2.45) is 0 Å². The van der Waals surface area contributed by atoms with E-state index in [1.54, 1.807) is 0 Å². The first-order chi connectivity index (χ1) is 10.8. The van der Waals surface area contributed by atoms with Crippen LogP contribution in [0.4, 0.5) is 0 Å². The maximum absolute atomic E-state index is 4.64. The first kappa shape index (κ1) is 16.7. The highest BCUT2D eigenvalue weighted by Gasteiger charge is 2.01. The smallest absolute Gasteiger partial charge is 0.0702 e. The van der Waals surface area contributed by atoms with Crippen LogP contribution in [-0.2, 0) is 12.8 Å². The molecule has 0 aliphatic rings. The number of unbranched alkanes of at least 4 members (excludes halogenated alkanes) is 4. The summed E-state index contributed by atoms with van der Waals surface area (Å²) in [6, 6.07) is 13.2. The summed E-state index contributed by atoms with van der Waals surface area (Å²) < 4.78 is 0. The molecule has 0 amide bonds. The molecule has 0 aliphatic carbocycles. The van der Waals surface area contributed by atoms with E-state index in [9.17, 15) is 0 Å². The molecule has 0 spiro atoms. The van der Waals surface area contributed by atoms with E-state index >= 15 is 0 Å². The van der Waals surface area contributed by atoms with Gasteiger partial charge in [0.05, 0.1) is 5.69 Å². The first-order valence-electron chi connectivity index (χ1n) is 8.87. The molecule has 22 heavy (non-hydrogen) atoms. The van der Waals surface area contributed by atoms with Gasteiger partial charge in [0.1, 0.15) is 0 Å². The number of aryl methyl sites for hydroxylation is 2. The van der Waals surface area contributed by atoms with Gasteiger partial charge < -0.3 is 0 Å². The molecule has 2 rings (SSSR count). The zero-order valence-electron chi connectivity index (χ0n) is 14.1. The molecule has 0 saturated heterocycles. The highest BCUT2D eigenvalue weighted by atomic mass is 14.7. The second kappa shape index (κ2) is 9.40. The molecule has 1 heterocycles. The molecule has 1 aromatic carbocycles. The summed E-state index contributed by atoms with van der Waals surface area (Å²) in [5.41, 5.74) is 5.07. The van der Waals surface area contributed by atoms with E-state index < -0.39 is 0 Å². The van der Waals surface area contributed by atoms with Crippen LogP contribution in [0.1, 0.15) is 63.5 Å². The van der Waals surface area contributed by atoms with Crippen molar-refractivity contribution in [3.63, 3.8) is 0 Å². The van der Waals surface area contributed by atoms with Gasteiger partial charge in [-0.1, -0.05) is 76.3 Å². The molecule has 0 N–H and O–H groups in total. The Balaban J connectivity index is 1.88. The molecule has 1 nitrogen and oxygen atoms in total. The Labute approximate surface area is 135 Å². The third kappa shape index (κ3) is 5.29. The molecule has 0 atom stereocenters. The Bertz CT molecular complexity index is 525. The number of aromatic nitrogens is 1. The third-order valence-corrected chi connectivity index (χ3v) is 4.18. The molecule has 0 saturated carbocycles. The van der Waals surface area contributed by atoms with Crippen molar-refractivity contribution in [3.8, 4) is 11.3 Å². The predicted octanol–water partition coefficient (Wildman–Crippen LogP) is 6.21. The topological polar surface area (TPSA) is 12.9 Å². The predicted molar refractivity (Wildman–Crippen MR) is 96.1 cm³/mol. The summed E-state index contributed by atoms with van der Waals surface area (Å²) in [7, 11) is 0. The largest absolute Gasteiger partial charge is 0.256 e. The molecule has 0 aliphatic heterocycles. The minimum Gasteiger partial charge on any atom is -0.256 e. The molecule has 0 unspecified atom stereocenters. The standard InChI is InChI=1S/C21H29N/c1-3-5-6-7-8-10-19-13-16-21(22-17-19)20-14-11-18(9-4-2)12-15-20/h11-17H,3-10H2,1-2H3. The van der Waals surface area contributed by atoms with Gasteiger partial charge in [0.15, 0.2) is 0 Å². The summed E-state index contributed by atoms with van der Waals surface area (Å²) >= 11 is 0. The normalized spacial score (nSPS) is 10.8. The number of hydrogen-bond donors (Lipinski definition) is 0. The SMILES string of the molecule is CCCCCCCc1ccc(-c2ccc(CCC)cc2)nc1. The van der Waals surface area contributed by atoms with Crippen LogP contribution in [0.25, 0.3) is 11.3 Å². The van der Waals surface area contributed by atoms with Crippen molar-refractivity contribution in [2.45, 2.75) is 65.2 Å². The zero-order chi connectivity index (χ0) is 15.6. The molecular weight excluding hydrogens is 266 g/mol. The van der Waals surface area contributed by atoms with Crippen molar-refractivity contribution >= 4 is 0 Å². The van der Waals surface area contributed by atoms with Crippen molar-refractivity contribution in [1.82, 2.24) is 4.98 Å². The van der Waals surface area contributed by atoms with E-state index in [0.717, 1.165) is 18.5 Å². The Morgan fingerprint density at radius 1 is 0.682 bits per heavy atom. The van der Waals surface area contributed by atoms with Crippen molar-refractivity contribution in [2.75, 3.05) is 0 Å². The maximum Gasteiger partial charge on any atom is 0.0702 e. The fourth-order valence-corrected chi connectivity index (χ4v) is 2.81. The summed E-state index contributed by atoms with van der Waals surface area (Å²) in [6.45, 7) is 4.48. The van der Waals surface area contributed by atoms with Gasteiger partial charge in [-0.3, -0.25) is 4.98 Å². The lowest BCUT2D eigenvalue weighted by atomic mass is 10.0. The summed E-state index contributed by atoms with van der Waals surface area (Å²) in [4.78, 5) is 4.64. The second-order valence-corrected chi connectivity index (χ2v) is 6.16. The number of nitrogens with zero attached hydrogens (tertiary/aromatic N) is 1. The van der Waals surface area contributed by atoms with E-state index in [1.165, 1.54) is 55.2 Å². The molecule has 0 radical (unpaired) electrons. The van der Waals surface area contributed by atoms with Gasteiger partial charge in [-0.15, -0.1) is 0 Å². The van der Waals surface area contributed by atoms with Gasteiger partial charge >= 0.3 is 0 Å². The Hall–Kier alpha value is -1.63. The lowest BCUT2D eigenvalue weighted by Gasteiger charge is -2.05.